The third-order valence-corrected chi connectivity index (χ3v) is 26.1. The summed E-state index contributed by atoms with van der Waals surface area (Å²) in [5, 5.41) is 120. The number of phenolic OH excluding ortho intramolecular Hbond substituents is 3. The average molecular weight is 1760 g/mol. The number of phenols is 3. The molecule has 0 unspecified atom stereocenters. The van der Waals surface area contributed by atoms with Crippen LogP contribution in [-0.2, 0) is 63.8 Å². The number of hydrogen-bond donors (Lipinski definition) is 16. The van der Waals surface area contributed by atoms with Crippen LogP contribution < -0.4 is 57.0 Å². The van der Waals surface area contributed by atoms with E-state index in [-0.39, 0.29) is 111 Å². The number of ketones is 3. The minimum absolute atomic E-state index is 0.0530. The standard InChI is InChI=1S/C90H105Cl2N7O25/c1-6-44(19-39(2)3)85(114)98-76-62(104)29-51(32-71(108)95-70(107)25-41-7-12-53(13-8-41)118-18-17-93)86(115)96-74-50-30-67(120-65-15-10-46(78(76)109)27-58(65)91)82(124-89-83(81(112)80(111)69(38-100)122-89)123-72-37-90(5,94)84(113)40(4)119-72)68(31-50)121-66-16-11-47(28-59(66)92)79(110)77-88(117)97-75(64(106)35-54-48-21-42-20-43(23-48)24-49(54)22-42)57-33-52(101)34-61(103)73(57)56-26-45(9-14-60(56)102)55(36-63(74)105)87(116)99-77/h7-16,26-28,30-31,33-34,39-40,42-44,48-49,51,54-55,69,72,74-81,83-84,89,100-103,109-113H,6,17-25,29,32,35-38,93-94H2,1-5H3,(H,96,115)(H,97,117)(H,98,114)(H,99,116)(H,95,107,108)/t40-,42?,43?,44+,48?,49?,51-,54?,55+,69+,72-,74+,75-,76-,77-,78+,79+,80+,81-,83+,84+,89-,90-/m0/s1. The molecule has 6 amide bonds. The van der Waals surface area contributed by atoms with E-state index in [4.69, 9.17) is 67.8 Å². The number of Topliss-reactive ketones (excluding diaryl/α,β-unsaturated/α-hetero) is 3. The number of aromatic hydroxyl groups is 3. The number of carbonyl (C=O) groups is 9. The fourth-order valence-corrected chi connectivity index (χ4v) is 19.8. The maximum Gasteiger partial charge on any atom is 0.246 e. The minimum Gasteiger partial charge on any atom is -0.508 e. The van der Waals surface area contributed by atoms with E-state index in [0.29, 0.717) is 29.6 Å². The fraction of sp³-hybridized carbons (Fsp3) is 0.500. The number of amides is 6. The van der Waals surface area contributed by atoms with Gasteiger partial charge in [0.05, 0.1) is 47.1 Å². The lowest BCUT2D eigenvalue weighted by Crippen LogP contribution is -2.64. The molecular formula is C90H105Cl2N7O25. The molecule has 18 atom stereocenters. The number of fused-ring (bicyclic) bond motifs is 15. The molecule has 2 saturated heterocycles. The maximum absolute atomic E-state index is 16.8. The van der Waals surface area contributed by atoms with Gasteiger partial charge in [-0.05, 0) is 194 Å². The Balaban J connectivity index is 0.959. The van der Waals surface area contributed by atoms with Crippen molar-refractivity contribution < 1.29 is 122 Å². The van der Waals surface area contributed by atoms with E-state index in [9.17, 15) is 60.3 Å². The lowest BCUT2D eigenvalue weighted by atomic mass is 9.51. The van der Waals surface area contributed by atoms with Crippen LogP contribution in [0.3, 0.4) is 0 Å². The summed E-state index contributed by atoms with van der Waals surface area (Å²) >= 11 is 14.6. The molecule has 6 fully saturated rings. The summed E-state index contributed by atoms with van der Waals surface area (Å²) in [7, 11) is 0. The van der Waals surface area contributed by atoms with Crippen molar-refractivity contribution in [2.45, 2.75) is 215 Å². The molecular weight excluding hydrogens is 1650 g/mol. The summed E-state index contributed by atoms with van der Waals surface area (Å²) in [6, 6.07) is 13.4. The highest BCUT2D eigenvalue weighted by Gasteiger charge is 2.53. The first-order valence-corrected chi connectivity index (χ1v) is 42.8. The predicted molar refractivity (Wildman–Crippen MR) is 444 cm³/mol. The van der Waals surface area contributed by atoms with Crippen molar-refractivity contribution in [1.82, 2.24) is 26.6 Å². The van der Waals surface area contributed by atoms with Crippen LogP contribution in [0.5, 0.6) is 51.7 Å². The van der Waals surface area contributed by atoms with E-state index in [0.717, 1.165) is 62.4 Å². The highest BCUT2D eigenvalue weighted by atomic mass is 35.5. The normalized spacial score (nSPS) is 30.6. The smallest absolute Gasteiger partial charge is 0.246 e. The number of halogens is 2. The summed E-state index contributed by atoms with van der Waals surface area (Å²) in [5.41, 5.74) is 9.57. The van der Waals surface area contributed by atoms with Gasteiger partial charge in [0.15, 0.2) is 41.2 Å². The Morgan fingerprint density at radius 1 is 0.685 bits per heavy atom. The van der Waals surface area contributed by atoms with Crippen LogP contribution in [0.1, 0.15) is 175 Å². The van der Waals surface area contributed by atoms with Crippen molar-refractivity contribution in [3.05, 3.63) is 147 Å². The summed E-state index contributed by atoms with van der Waals surface area (Å²) in [6.07, 6.45) is -16.0. The van der Waals surface area contributed by atoms with Gasteiger partial charge >= 0.3 is 0 Å². The highest BCUT2D eigenvalue weighted by molar-refractivity contribution is 6.32. The molecule has 7 aliphatic heterocycles. The molecule has 17 rings (SSSR count). The molecule has 124 heavy (non-hydrogen) atoms. The van der Waals surface area contributed by atoms with Crippen molar-refractivity contribution in [2.24, 2.45) is 58.8 Å². The molecule has 664 valence electrons. The Kier molecular flexibility index (Phi) is 27.5. The fourth-order valence-electron chi connectivity index (χ4n) is 19.3. The third kappa shape index (κ3) is 19.5. The summed E-state index contributed by atoms with van der Waals surface area (Å²) < 4.78 is 44.8. The summed E-state index contributed by atoms with van der Waals surface area (Å²) in [5.74, 6) is -16.6. The zero-order chi connectivity index (χ0) is 88.8. The molecule has 4 saturated carbocycles. The third-order valence-electron chi connectivity index (χ3n) is 25.5. The topological polar surface area (TPSA) is 513 Å². The zero-order valence-corrected chi connectivity index (χ0v) is 70.4. The van der Waals surface area contributed by atoms with Gasteiger partial charge in [-0.1, -0.05) is 74.3 Å². The Morgan fingerprint density at radius 2 is 1.33 bits per heavy atom. The first-order chi connectivity index (χ1) is 59.0. The number of aliphatic hydroxyl groups is 6. The van der Waals surface area contributed by atoms with Gasteiger partial charge < -0.3 is 112 Å². The number of nitrogens with one attached hydrogen (secondary N) is 5. The van der Waals surface area contributed by atoms with Gasteiger partial charge in [0, 0.05) is 67.3 Å². The lowest BCUT2D eigenvalue weighted by Gasteiger charge is -2.54. The minimum atomic E-state index is -2.25. The maximum atomic E-state index is 16.8. The van der Waals surface area contributed by atoms with E-state index in [2.05, 4.69) is 26.6 Å². The second-order valence-corrected chi connectivity index (χ2v) is 35.8. The molecule has 0 spiro atoms. The molecule has 0 aromatic heterocycles. The number of imide groups is 1. The Hall–Kier alpha value is -9.91. The molecule has 6 aromatic rings. The van der Waals surface area contributed by atoms with Crippen molar-refractivity contribution in [3.63, 3.8) is 0 Å². The average Bonchev–Trinajstić information content (AvgIpc) is 0.754. The monoisotopic (exact) mass is 1750 g/mol. The Bertz CT molecular complexity index is 5040. The van der Waals surface area contributed by atoms with Crippen molar-refractivity contribution >= 4 is 76.0 Å². The van der Waals surface area contributed by atoms with Crippen molar-refractivity contribution in [1.29, 1.82) is 0 Å². The number of benzene rings is 6. The van der Waals surface area contributed by atoms with Crippen molar-refractivity contribution in [2.75, 3.05) is 19.8 Å². The number of hydrogen-bond acceptors (Lipinski definition) is 27. The van der Waals surface area contributed by atoms with Crippen molar-refractivity contribution in [3.8, 4) is 62.9 Å². The second-order valence-electron chi connectivity index (χ2n) is 35.0. The van der Waals surface area contributed by atoms with Crippen LogP contribution in [0.25, 0.3) is 11.1 Å². The number of rotatable bonds is 20. The van der Waals surface area contributed by atoms with E-state index < -0.39 is 234 Å². The largest absolute Gasteiger partial charge is 0.508 e. The number of aliphatic hydroxyl groups excluding tert-OH is 6. The van der Waals surface area contributed by atoms with Crippen LogP contribution >= 0.6 is 23.2 Å². The SMILES string of the molecule is CC[C@H](CC(C)C)C(=O)N[C@H]1C(=O)C[C@@H](CC(=O)NC(=O)Cc2ccc(OCCN)cc2)C(=O)N[C@H]2C(=O)C[C@H]3C(=O)N[C@H](C(=O)N[C@H](C(=O)CC4C5CC6CC(C5)CC4C6)c4cc(O)cc(O)c4-c4cc3ccc4O)[C@H](O)c3ccc(c(Cl)c3)Oc3cc2cc(c3O[C@@H]2O[C@H](CO)[C@@H](O)[C@H](O)[C@H]2O[C@H]2C[C@](C)(N)[C@H](O)[C@H](C)O2)Oc2ccc(cc2Cl)[C@H]1O. The molecule has 0 radical (unpaired) electrons. The molecule has 32 nitrogen and oxygen atoms in total. The lowest BCUT2D eigenvalue weighted by molar-refractivity contribution is -0.333. The molecule has 15 bridgehead atoms. The number of carbonyl (C=O) groups excluding carboxylic acids is 9. The molecule has 34 heteroatoms. The van der Waals surface area contributed by atoms with E-state index in [1.807, 2.05) is 13.8 Å². The van der Waals surface area contributed by atoms with Gasteiger partial charge in [0.1, 0.15) is 95.8 Å². The Morgan fingerprint density at radius 3 is 1.94 bits per heavy atom. The molecule has 4 aliphatic carbocycles. The van der Waals surface area contributed by atoms with Gasteiger partial charge in [-0.3, -0.25) is 48.5 Å². The zero-order valence-electron chi connectivity index (χ0n) is 68.9. The number of ether oxygens (including phenoxy) is 7. The highest BCUT2D eigenvalue weighted by Crippen LogP contribution is 2.59. The quantitative estimate of drug-likeness (QED) is 0.0359. The van der Waals surface area contributed by atoms with Crippen LogP contribution in [0.2, 0.25) is 10.0 Å². The van der Waals surface area contributed by atoms with E-state index >= 15 is 28.8 Å². The van der Waals surface area contributed by atoms with E-state index in [1.165, 1.54) is 62.4 Å². The van der Waals surface area contributed by atoms with Gasteiger partial charge in [-0.2, -0.15) is 0 Å². The van der Waals surface area contributed by atoms with Crippen LogP contribution in [0, 0.1) is 47.3 Å². The van der Waals surface area contributed by atoms with Gasteiger partial charge in [0.25, 0.3) is 0 Å². The van der Waals surface area contributed by atoms with Crippen LogP contribution in [0.15, 0.2) is 103 Å². The van der Waals surface area contributed by atoms with E-state index in [1.54, 1.807) is 31.2 Å². The van der Waals surface area contributed by atoms with Crippen LogP contribution in [0.4, 0.5) is 0 Å². The van der Waals surface area contributed by atoms with Gasteiger partial charge in [0.2, 0.25) is 47.5 Å². The predicted octanol–water partition coefficient (Wildman–Crippen LogP) is 7.21. The Labute approximate surface area is 724 Å². The van der Waals surface area contributed by atoms with Crippen LogP contribution in [-0.4, -0.2) is 185 Å². The molecule has 18 N–H and O–H groups in total. The summed E-state index contributed by atoms with van der Waals surface area (Å²) in [6.45, 7) is 7.98. The second kappa shape index (κ2) is 37.7. The van der Waals surface area contributed by atoms with Gasteiger partial charge in [-0.15, -0.1) is 0 Å². The number of nitrogens with two attached hydrogens (primary N) is 2. The first-order valence-electron chi connectivity index (χ1n) is 42.0. The van der Waals surface area contributed by atoms with Gasteiger partial charge in [-0.25, -0.2) is 0 Å². The summed E-state index contributed by atoms with van der Waals surface area (Å²) in [4.78, 5) is 140. The molecule has 7 heterocycles. The molecule has 11 aliphatic rings. The first kappa shape index (κ1) is 90.3. The molecule has 6 aromatic carbocycles.